The van der Waals surface area contributed by atoms with Crippen LogP contribution in [0.25, 0.3) is 0 Å². The third kappa shape index (κ3) is 4.28. The molecule has 0 radical (unpaired) electrons. The highest BCUT2D eigenvalue weighted by Gasteiger charge is 2.26. The Kier molecular flexibility index (Phi) is 6.62. The highest BCUT2D eigenvalue weighted by Crippen LogP contribution is 2.29. The van der Waals surface area contributed by atoms with E-state index in [1.54, 1.807) is 6.20 Å². The van der Waals surface area contributed by atoms with Crippen LogP contribution < -0.4 is 5.32 Å². The van der Waals surface area contributed by atoms with Crippen molar-refractivity contribution in [3.05, 3.63) is 16.1 Å². The van der Waals surface area contributed by atoms with Crippen LogP contribution in [-0.2, 0) is 0 Å². The molecule has 0 aliphatic heterocycles. The molecule has 0 aromatic carbocycles. The van der Waals surface area contributed by atoms with Crippen LogP contribution in [0.3, 0.4) is 0 Å². The van der Waals surface area contributed by atoms with Crippen molar-refractivity contribution in [2.75, 3.05) is 13.2 Å². The number of nitrogens with one attached hydrogen (secondary N) is 1. The van der Waals surface area contributed by atoms with Crippen molar-refractivity contribution in [3.8, 4) is 0 Å². The van der Waals surface area contributed by atoms with Gasteiger partial charge in [0.2, 0.25) is 0 Å². The fourth-order valence-electron chi connectivity index (χ4n) is 2.19. The second-order valence-corrected chi connectivity index (χ2v) is 6.64. The van der Waals surface area contributed by atoms with Crippen LogP contribution in [0.1, 0.15) is 67.6 Å². The van der Waals surface area contributed by atoms with Crippen molar-refractivity contribution in [2.45, 2.75) is 52.9 Å². The maximum atomic E-state index is 12.2. The van der Waals surface area contributed by atoms with E-state index >= 15 is 0 Å². The Morgan fingerprint density at radius 2 is 2.10 bits per heavy atom. The minimum Gasteiger partial charge on any atom is -0.396 e. The molecule has 0 saturated carbocycles. The molecule has 20 heavy (non-hydrogen) atoms. The average molecular weight is 298 g/mol. The summed E-state index contributed by atoms with van der Waals surface area (Å²) in [5.41, 5.74) is -0.00399. The van der Waals surface area contributed by atoms with E-state index in [2.05, 4.69) is 38.0 Å². The van der Waals surface area contributed by atoms with Gasteiger partial charge in [-0.2, -0.15) is 0 Å². The molecule has 1 amide bonds. The number of hydrogen-bond acceptors (Lipinski definition) is 4. The van der Waals surface area contributed by atoms with Crippen LogP contribution in [0.2, 0.25) is 0 Å². The van der Waals surface area contributed by atoms with E-state index in [9.17, 15) is 9.90 Å². The van der Waals surface area contributed by atoms with Gasteiger partial charge in [0.05, 0.1) is 11.2 Å². The lowest BCUT2D eigenvalue weighted by Gasteiger charge is -2.31. The number of amides is 1. The Morgan fingerprint density at radius 3 is 2.55 bits per heavy atom. The summed E-state index contributed by atoms with van der Waals surface area (Å²) in [7, 11) is 0. The Hall–Kier alpha value is -0.940. The molecule has 0 atom stereocenters. The Balaban J connectivity index is 2.65. The third-order valence-corrected chi connectivity index (χ3v) is 5.30. The van der Waals surface area contributed by atoms with Gasteiger partial charge in [0.25, 0.3) is 5.91 Å². The highest BCUT2D eigenvalue weighted by atomic mass is 32.1. The zero-order valence-corrected chi connectivity index (χ0v) is 13.7. The van der Waals surface area contributed by atoms with Gasteiger partial charge in [0, 0.05) is 19.1 Å². The first-order valence-electron chi connectivity index (χ1n) is 7.32. The summed E-state index contributed by atoms with van der Waals surface area (Å²) < 4.78 is 0. The van der Waals surface area contributed by atoms with Crippen LogP contribution in [0.5, 0.6) is 0 Å². The molecule has 0 bridgehead atoms. The summed E-state index contributed by atoms with van der Waals surface area (Å²) >= 11 is 1.46. The molecule has 0 fully saturated rings. The van der Waals surface area contributed by atoms with Gasteiger partial charge < -0.3 is 10.4 Å². The van der Waals surface area contributed by atoms with E-state index in [-0.39, 0.29) is 17.9 Å². The van der Waals surface area contributed by atoms with E-state index in [0.29, 0.717) is 17.3 Å². The molecule has 0 spiro atoms. The zero-order chi connectivity index (χ0) is 15.2. The summed E-state index contributed by atoms with van der Waals surface area (Å²) in [6.07, 6.45) is 4.27. The van der Waals surface area contributed by atoms with E-state index in [0.717, 1.165) is 24.3 Å². The van der Waals surface area contributed by atoms with Crippen LogP contribution in [-0.4, -0.2) is 29.1 Å². The minimum atomic E-state index is -0.0568. The number of aliphatic hydroxyl groups excluding tert-OH is 1. The molecule has 1 aromatic heterocycles. The van der Waals surface area contributed by atoms with Crippen molar-refractivity contribution in [3.63, 3.8) is 0 Å². The number of aliphatic hydroxyl groups is 1. The molecular formula is C15H26N2O2S. The first-order chi connectivity index (χ1) is 9.48. The quantitative estimate of drug-likeness (QED) is 0.775. The predicted molar refractivity (Wildman–Crippen MR) is 83.3 cm³/mol. The minimum absolute atomic E-state index is 0.00399. The second kappa shape index (κ2) is 7.74. The number of nitrogens with zero attached hydrogens (tertiary/aromatic N) is 1. The molecular weight excluding hydrogens is 272 g/mol. The molecule has 0 aliphatic rings. The van der Waals surface area contributed by atoms with Crippen molar-refractivity contribution in [1.82, 2.24) is 10.3 Å². The SMILES string of the molecule is CCC(CC)(CCO)CNC(=O)c1cnc(C(C)C)s1. The molecule has 0 unspecified atom stereocenters. The molecule has 1 aromatic rings. The topological polar surface area (TPSA) is 62.2 Å². The van der Waals surface area contributed by atoms with Crippen molar-refractivity contribution in [2.24, 2.45) is 5.41 Å². The Morgan fingerprint density at radius 1 is 1.45 bits per heavy atom. The number of carbonyl (C=O) groups is 1. The molecule has 0 aliphatic carbocycles. The fraction of sp³-hybridized carbons (Fsp3) is 0.733. The standard InChI is InChI=1S/C15H26N2O2S/c1-5-15(6-2,7-8-18)10-17-13(19)12-9-16-14(20-12)11(3)4/h9,11,18H,5-8,10H2,1-4H3,(H,17,19). The highest BCUT2D eigenvalue weighted by molar-refractivity contribution is 7.13. The lowest BCUT2D eigenvalue weighted by molar-refractivity contribution is 0.0911. The average Bonchev–Trinajstić information content (AvgIpc) is 2.93. The van der Waals surface area contributed by atoms with E-state index in [1.165, 1.54) is 11.3 Å². The number of hydrogen-bond donors (Lipinski definition) is 2. The molecule has 0 saturated heterocycles. The van der Waals surface area contributed by atoms with Gasteiger partial charge in [0.1, 0.15) is 4.88 Å². The molecule has 1 heterocycles. The Bertz CT molecular complexity index is 425. The van der Waals surface area contributed by atoms with Crippen molar-refractivity contribution >= 4 is 17.2 Å². The normalized spacial score (nSPS) is 11.9. The van der Waals surface area contributed by atoms with E-state index < -0.39 is 0 Å². The molecule has 2 N–H and O–H groups in total. The van der Waals surface area contributed by atoms with Crippen LogP contribution in [0, 0.1) is 5.41 Å². The van der Waals surface area contributed by atoms with Crippen LogP contribution in [0.4, 0.5) is 0 Å². The van der Waals surface area contributed by atoms with Gasteiger partial charge in [-0.05, 0) is 24.7 Å². The van der Waals surface area contributed by atoms with Gasteiger partial charge in [0.15, 0.2) is 0 Å². The lowest BCUT2D eigenvalue weighted by atomic mass is 9.79. The summed E-state index contributed by atoms with van der Waals surface area (Å²) in [6.45, 7) is 9.12. The predicted octanol–water partition coefficient (Wildman–Crippen LogP) is 3.19. The van der Waals surface area contributed by atoms with Gasteiger partial charge in [-0.15, -0.1) is 11.3 Å². The molecule has 4 nitrogen and oxygen atoms in total. The molecule has 5 heteroatoms. The Labute approximate surface area is 125 Å². The second-order valence-electron chi connectivity index (χ2n) is 5.58. The lowest BCUT2D eigenvalue weighted by Crippen LogP contribution is -2.37. The summed E-state index contributed by atoms with van der Waals surface area (Å²) in [5, 5.41) is 13.2. The maximum absolute atomic E-state index is 12.2. The summed E-state index contributed by atoms with van der Waals surface area (Å²) in [5.74, 6) is 0.292. The van der Waals surface area contributed by atoms with Crippen molar-refractivity contribution < 1.29 is 9.90 Å². The number of carbonyl (C=O) groups excluding carboxylic acids is 1. The van der Waals surface area contributed by atoms with Crippen molar-refractivity contribution in [1.29, 1.82) is 0 Å². The van der Waals surface area contributed by atoms with E-state index in [1.807, 2.05) is 0 Å². The first kappa shape index (κ1) is 17.1. The number of thiazole rings is 1. The van der Waals surface area contributed by atoms with Crippen LogP contribution >= 0.6 is 11.3 Å². The first-order valence-corrected chi connectivity index (χ1v) is 8.14. The number of aromatic nitrogens is 1. The van der Waals surface area contributed by atoms with E-state index in [4.69, 9.17) is 0 Å². The molecule has 1 rings (SSSR count). The van der Waals surface area contributed by atoms with Gasteiger partial charge >= 0.3 is 0 Å². The van der Waals surface area contributed by atoms with Gasteiger partial charge in [-0.3, -0.25) is 4.79 Å². The molecule has 114 valence electrons. The summed E-state index contributed by atoms with van der Waals surface area (Å²) in [4.78, 5) is 17.1. The monoisotopic (exact) mass is 298 g/mol. The largest absolute Gasteiger partial charge is 0.396 e. The van der Waals surface area contributed by atoms with Gasteiger partial charge in [-0.25, -0.2) is 4.98 Å². The zero-order valence-electron chi connectivity index (χ0n) is 12.9. The summed E-state index contributed by atoms with van der Waals surface area (Å²) in [6, 6.07) is 0. The van der Waals surface area contributed by atoms with Crippen LogP contribution in [0.15, 0.2) is 6.20 Å². The maximum Gasteiger partial charge on any atom is 0.263 e. The number of rotatable bonds is 8. The smallest absolute Gasteiger partial charge is 0.263 e. The fourth-order valence-corrected chi connectivity index (χ4v) is 3.03. The van der Waals surface area contributed by atoms with Gasteiger partial charge in [-0.1, -0.05) is 27.7 Å². The third-order valence-electron chi connectivity index (χ3n) is 4.01.